The molecule has 82 heavy (non-hydrogen) atoms. The van der Waals surface area contributed by atoms with E-state index in [2.05, 4.69) is 4.90 Å². The molecule has 4 fully saturated rings. The monoisotopic (exact) mass is 1330 g/mol. The van der Waals surface area contributed by atoms with E-state index in [0.29, 0.717) is 43.8 Å². The molecule has 5 amide bonds. The molecule has 1 aromatic rings. The number of carbonyl (C=O) groups excluding carboxylic acids is 14. The van der Waals surface area contributed by atoms with Crippen molar-refractivity contribution in [1.82, 2.24) is 30.6 Å². The summed E-state index contributed by atoms with van der Waals surface area (Å²) >= 11 is 1.19. The van der Waals surface area contributed by atoms with Crippen LogP contribution in [-0.2, 0) is 81.5 Å². The minimum atomic E-state index is -1.72. The van der Waals surface area contributed by atoms with Crippen LogP contribution in [0.1, 0.15) is 82.5 Å². The molecule has 0 unspecified atom stereocenters. The zero-order chi connectivity index (χ0) is 57.0. The molecule has 2 N–H and O–H groups in total. The molecular formula is C45H52K6N6O24S. The number of piperazine rings is 1. The molecule has 4 aliphatic rings. The Morgan fingerprint density at radius 2 is 1.10 bits per heavy atom. The number of thioether (sulfide) groups is 1. The van der Waals surface area contributed by atoms with Gasteiger partial charge in [0.1, 0.15) is 24.3 Å². The molecule has 10 atom stereocenters. The largest absolute Gasteiger partial charge is 1.00 e. The van der Waals surface area contributed by atoms with Gasteiger partial charge in [0, 0.05) is 81.9 Å². The first-order chi connectivity index (χ1) is 35.8. The molecule has 5 rings (SSSR count). The third-order valence-corrected chi connectivity index (χ3v) is 12.7. The maximum absolute atomic E-state index is 13.2. The van der Waals surface area contributed by atoms with Crippen LogP contribution < -0.4 is 350 Å². The average molecular weight is 1330 g/mol. The second kappa shape index (κ2) is 47.0. The van der Waals surface area contributed by atoms with E-state index in [1.165, 1.54) is 18.7 Å². The van der Waals surface area contributed by atoms with Crippen molar-refractivity contribution in [1.29, 1.82) is 0 Å². The summed E-state index contributed by atoms with van der Waals surface area (Å²) in [5.41, 5.74) is 0.610. The fourth-order valence-corrected chi connectivity index (χ4v) is 9.14. The van der Waals surface area contributed by atoms with E-state index >= 15 is 0 Å². The second-order valence-corrected chi connectivity index (χ2v) is 18.3. The molecule has 30 nitrogen and oxygen atoms in total. The van der Waals surface area contributed by atoms with Gasteiger partial charge in [-0.2, -0.15) is 0 Å². The Bertz CT molecular complexity index is 2230. The van der Waals surface area contributed by atoms with Gasteiger partial charge in [0.15, 0.2) is 11.3 Å². The summed E-state index contributed by atoms with van der Waals surface area (Å²) in [5.74, 6) is -13.7. The number of nitrogens with one attached hydrogen (secondary N) is 2. The van der Waals surface area contributed by atoms with Crippen LogP contribution in [0.25, 0.3) is 0 Å². The average Bonchev–Trinajstić information content (AvgIpc) is 3.69. The number of hydrogen-bond acceptors (Lipinski definition) is 26. The van der Waals surface area contributed by atoms with E-state index in [0.717, 1.165) is 20.3 Å². The Morgan fingerprint density at radius 3 is 1.46 bits per heavy atom. The molecule has 37 heteroatoms. The molecule has 418 valence electrons. The zero-order valence-corrected chi connectivity index (χ0v) is 66.4. The SMILES string of the molecule is CC(=O)N[C@@H](CC(=O)[O-])C(=O)N1O[C@@H](C(=O)[O-])CC[C@H]1C(=O)[O-].CC(=O)N[C@@H](CC(=O)[O-])C(=O)N1O[C@H](C(=O)[O-])CC[C@H]1C(=O)[O-].CC(=O)SC[C@H]1CN2[C@@H](C[C@H](CCOC=O)[C@H]2OC=O)CN1C(=O)c1ccccc1.[K+].[K+].[K+].[K+].[K+].[K+]. The summed E-state index contributed by atoms with van der Waals surface area (Å²) in [6, 6.07) is 2.32. The fourth-order valence-electron chi connectivity index (χ4n) is 8.43. The molecule has 0 aliphatic carbocycles. The Labute approximate surface area is 729 Å². The Morgan fingerprint density at radius 1 is 0.646 bits per heavy atom. The molecule has 1 aromatic carbocycles. The van der Waals surface area contributed by atoms with E-state index in [1.54, 1.807) is 12.1 Å². The normalized spacial score (nSPS) is 21.9. The van der Waals surface area contributed by atoms with E-state index in [-0.39, 0.29) is 380 Å². The van der Waals surface area contributed by atoms with Crippen LogP contribution in [0.3, 0.4) is 0 Å². The third kappa shape index (κ3) is 30.4. The van der Waals surface area contributed by atoms with Crippen molar-refractivity contribution in [3.8, 4) is 0 Å². The first kappa shape index (κ1) is 90.5. The van der Waals surface area contributed by atoms with Crippen molar-refractivity contribution >= 4 is 95.2 Å². The number of ether oxygens (including phenoxy) is 2. The first-order valence-corrected chi connectivity index (χ1v) is 24.0. The molecule has 0 aromatic heterocycles. The number of nitrogens with zero attached hydrogens (tertiary/aromatic N) is 4. The third-order valence-electron chi connectivity index (χ3n) is 11.7. The molecule has 0 bridgehead atoms. The molecule has 4 aliphatic heterocycles. The number of carboxylic acid groups (broad SMARTS) is 6. The maximum atomic E-state index is 13.2. The number of carbonyl (C=O) groups is 14. The second-order valence-electron chi connectivity index (χ2n) is 17.1. The molecule has 4 saturated heterocycles. The number of fused-ring (bicyclic) bond motifs is 1. The number of carboxylic acids is 6. The van der Waals surface area contributed by atoms with Crippen LogP contribution in [0.4, 0.5) is 0 Å². The zero-order valence-electron chi connectivity index (χ0n) is 46.8. The van der Waals surface area contributed by atoms with Gasteiger partial charge in [-0.3, -0.25) is 52.9 Å². The van der Waals surface area contributed by atoms with Crippen molar-refractivity contribution in [3.63, 3.8) is 0 Å². The molecule has 0 radical (unpaired) electrons. The van der Waals surface area contributed by atoms with Gasteiger partial charge >= 0.3 is 308 Å². The summed E-state index contributed by atoms with van der Waals surface area (Å²) in [6.45, 7) is 5.63. The predicted molar refractivity (Wildman–Crippen MR) is 235 cm³/mol. The molecular weight excluding hydrogens is 1280 g/mol. The number of benzene rings is 1. The van der Waals surface area contributed by atoms with E-state index in [4.69, 9.17) is 19.1 Å². The smallest absolute Gasteiger partial charge is 0.550 e. The minimum absolute atomic E-state index is 0. The Balaban J connectivity index is -0.000000544. The van der Waals surface area contributed by atoms with Gasteiger partial charge in [0.2, 0.25) is 11.8 Å². The number of rotatable bonds is 21. The van der Waals surface area contributed by atoms with Gasteiger partial charge in [0.25, 0.3) is 30.7 Å². The van der Waals surface area contributed by atoms with E-state index < -0.39 is 115 Å². The summed E-state index contributed by atoms with van der Waals surface area (Å²) in [7, 11) is 0. The topological polar surface area (TPSA) is 451 Å². The van der Waals surface area contributed by atoms with Crippen LogP contribution in [0, 0.1) is 5.92 Å². The van der Waals surface area contributed by atoms with E-state index in [9.17, 15) is 97.8 Å². The van der Waals surface area contributed by atoms with Gasteiger partial charge in [-0.1, -0.05) is 30.0 Å². The summed E-state index contributed by atoms with van der Waals surface area (Å²) in [5, 5.41) is 69.4. The predicted octanol–water partition coefficient (Wildman–Crippen LogP) is -27.6. The van der Waals surface area contributed by atoms with Gasteiger partial charge in [0.05, 0.1) is 48.6 Å². The fraction of sp³-hybridized carbons (Fsp3) is 0.556. The van der Waals surface area contributed by atoms with Crippen molar-refractivity contribution in [2.45, 2.75) is 127 Å². The minimum Gasteiger partial charge on any atom is -0.550 e. The molecule has 4 heterocycles. The summed E-state index contributed by atoms with van der Waals surface area (Å²) < 4.78 is 10.2. The van der Waals surface area contributed by atoms with Crippen molar-refractivity contribution in [2.75, 3.05) is 25.4 Å². The summed E-state index contributed by atoms with van der Waals surface area (Å²) in [4.78, 5) is 171. The number of hydrogen-bond donors (Lipinski definition) is 2. The van der Waals surface area contributed by atoms with Crippen LogP contribution >= 0.6 is 11.8 Å². The van der Waals surface area contributed by atoms with Crippen LogP contribution in [0.5, 0.6) is 0 Å². The van der Waals surface area contributed by atoms with Gasteiger partial charge in [-0.05, 0) is 50.7 Å². The Kier molecular flexibility index (Phi) is 51.9. The molecule has 0 saturated carbocycles. The number of hydroxylamine groups is 4. The van der Waals surface area contributed by atoms with Crippen molar-refractivity contribution < 1.29 is 425 Å². The summed E-state index contributed by atoms with van der Waals surface area (Å²) in [6.07, 6.45) is -5.29. The maximum Gasteiger partial charge on any atom is 1.00 e. The van der Waals surface area contributed by atoms with Gasteiger partial charge in [-0.15, -0.1) is 0 Å². The number of aliphatic carboxylic acids is 6. The van der Waals surface area contributed by atoms with E-state index in [1.807, 2.05) is 33.7 Å². The number of amides is 5. The Hall–Kier alpha value is 2.05. The van der Waals surface area contributed by atoms with Crippen LogP contribution in [0.15, 0.2) is 30.3 Å². The van der Waals surface area contributed by atoms with Crippen molar-refractivity contribution in [3.05, 3.63) is 35.9 Å². The van der Waals surface area contributed by atoms with Gasteiger partial charge < -0.3 is 84.4 Å². The van der Waals surface area contributed by atoms with Crippen molar-refractivity contribution in [2.24, 2.45) is 5.92 Å². The quantitative estimate of drug-likeness (QED) is 0.0655. The molecule has 0 spiro atoms. The first-order valence-electron chi connectivity index (χ1n) is 23.0. The van der Waals surface area contributed by atoms with Crippen LogP contribution in [0.2, 0.25) is 0 Å². The van der Waals surface area contributed by atoms with Gasteiger partial charge in [-0.25, -0.2) is 10.1 Å². The van der Waals surface area contributed by atoms with Crippen LogP contribution in [-0.4, -0.2) is 183 Å². The standard InChI is InChI=1S/C21H26N2O6S.2C12H16N2O9.6K/c1-15(26)30-12-19-11-23-18(9-17(7-8-28-13-24)21(23)29-14-25)10-22(19)20(27)16-5-3-2-4-6-16;2*1-5(15)13-6(4-9(16)17)10(18)14-7(11(19)20)2-3-8(23-14)12(21)22;;;;;;/h2-6,13-14,17-19,21H,7-12H2,1H3;2*6-8H,2-4H2,1H3,(H,13,15)(H,16,17)(H,19,20)(H,21,22);;;;;;/q;;;6*+1/p-6/t17-,18-,19+,21+;6-,7-,8+;6-,7-,8-;;;;;;/m000....../s1.